The minimum Gasteiger partial charge on any atom is -0.358 e. The van der Waals surface area contributed by atoms with Crippen LogP contribution < -0.4 is 10.8 Å². The van der Waals surface area contributed by atoms with Gasteiger partial charge in [-0.1, -0.05) is 6.07 Å². The first-order chi connectivity index (χ1) is 8.86. The Morgan fingerprint density at radius 3 is 2.94 bits per heavy atom. The van der Waals surface area contributed by atoms with Crippen LogP contribution in [0.5, 0.6) is 0 Å². The Kier molecular flexibility index (Phi) is 2.16. The first-order valence-electron chi connectivity index (χ1n) is 6.58. The number of nitrogens with one attached hydrogen (secondary N) is 1. The van der Waals surface area contributed by atoms with Gasteiger partial charge in [0.05, 0.1) is 6.61 Å². The van der Waals surface area contributed by atoms with E-state index in [0.717, 1.165) is 11.5 Å². The molecule has 0 unspecified atom stereocenters. The molecule has 3 N–H and O–H groups in total. The quantitative estimate of drug-likeness (QED) is 0.795. The number of anilines is 1. The van der Waals surface area contributed by atoms with Crippen molar-refractivity contribution in [1.29, 1.82) is 0 Å². The molecule has 5 rings (SSSR count). The summed E-state index contributed by atoms with van der Waals surface area (Å²) in [5.74, 6) is 7.24. The first-order valence-corrected chi connectivity index (χ1v) is 6.58. The fourth-order valence-electron chi connectivity index (χ4n) is 3.49. The molecule has 1 aromatic heterocycles. The zero-order valence-corrected chi connectivity index (χ0v) is 10.3. The van der Waals surface area contributed by atoms with Crippen LogP contribution in [0, 0.1) is 0 Å². The predicted molar refractivity (Wildman–Crippen MR) is 71.5 cm³/mol. The second kappa shape index (κ2) is 3.73. The summed E-state index contributed by atoms with van der Waals surface area (Å²) in [5, 5.41) is 1.36. The van der Waals surface area contributed by atoms with Gasteiger partial charge in [0.1, 0.15) is 5.82 Å². The average molecular weight is 243 g/mol. The van der Waals surface area contributed by atoms with Crippen LogP contribution in [0.1, 0.15) is 29.9 Å². The van der Waals surface area contributed by atoms with Crippen molar-refractivity contribution in [2.75, 3.05) is 18.0 Å². The van der Waals surface area contributed by atoms with Crippen LogP contribution in [0.4, 0.5) is 5.82 Å². The number of fused-ring (bicyclic) bond motifs is 3. The Morgan fingerprint density at radius 1 is 1.33 bits per heavy atom. The van der Waals surface area contributed by atoms with Gasteiger partial charge in [-0.2, -0.15) is 0 Å². The average Bonchev–Trinajstić information content (AvgIpc) is 2.81. The molecule has 18 heavy (non-hydrogen) atoms. The number of aromatic amines is 1. The lowest BCUT2D eigenvalue weighted by Crippen LogP contribution is -2.38. The van der Waals surface area contributed by atoms with E-state index in [4.69, 9.17) is 10.7 Å². The summed E-state index contributed by atoms with van der Waals surface area (Å²) < 4.78 is 0. The summed E-state index contributed by atoms with van der Waals surface area (Å²) >= 11 is 0. The van der Waals surface area contributed by atoms with E-state index in [2.05, 4.69) is 28.1 Å². The molecule has 1 aromatic carbocycles. The Labute approximate surface area is 106 Å². The lowest BCUT2D eigenvalue weighted by molar-refractivity contribution is 0.124. The van der Waals surface area contributed by atoms with Gasteiger partial charge < -0.3 is 9.88 Å². The molecule has 1 fully saturated rings. The summed E-state index contributed by atoms with van der Waals surface area (Å²) in [6.45, 7) is 2.87. The molecular formula is C14H17N3O. The van der Waals surface area contributed by atoms with E-state index in [1.165, 1.54) is 48.2 Å². The number of nitrogens with two attached hydrogens (primary N) is 1. The summed E-state index contributed by atoms with van der Waals surface area (Å²) in [7, 11) is 0. The van der Waals surface area contributed by atoms with Crippen LogP contribution in [0.2, 0.25) is 0 Å². The molecule has 0 spiro atoms. The standard InChI is InChI=1S/C14H17N3O/c15-18-8-9-1-2-12-11(7-9)13-10-3-5-17(6-4-10)14(13)16-12/h1-2,7,10,16H,3-6,8,15H2. The number of aromatic nitrogens is 1. The van der Waals surface area contributed by atoms with Crippen molar-refractivity contribution in [3.63, 3.8) is 0 Å². The summed E-state index contributed by atoms with van der Waals surface area (Å²) in [6.07, 6.45) is 2.58. The number of hydrogen-bond donors (Lipinski definition) is 2. The molecule has 4 heteroatoms. The number of rotatable bonds is 2. The zero-order valence-electron chi connectivity index (χ0n) is 10.3. The van der Waals surface area contributed by atoms with Gasteiger partial charge in [-0.05, 0) is 36.5 Å². The van der Waals surface area contributed by atoms with Crippen LogP contribution in [0.3, 0.4) is 0 Å². The predicted octanol–water partition coefficient (Wildman–Crippen LogP) is 2.26. The van der Waals surface area contributed by atoms with E-state index in [1.54, 1.807) is 0 Å². The van der Waals surface area contributed by atoms with Crippen molar-refractivity contribution in [2.45, 2.75) is 25.4 Å². The van der Waals surface area contributed by atoms with Crippen molar-refractivity contribution >= 4 is 16.7 Å². The number of hydrogen-bond acceptors (Lipinski definition) is 3. The molecule has 0 atom stereocenters. The van der Waals surface area contributed by atoms with Crippen LogP contribution in [0.25, 0.3) is 10.9 Å². The van der Waals surface area contributed by atoms with Crippen molar-refractivity contribution in [3.8, 4) is 0 Å². The van der Waals surface area contributed by atoms with Crippen LogP contribution in [-0.2, 0) is 11.4 Å². The lowest BCUT2D eigenvalue weighted by Gasteiger charge is -2.40. The first kappa shape index (κ1) is 10.4. The minimum atomic E-state index is 0.476. The molecule has 4 nitrogen and oxygen atoms in total. The third kappa shape index (κ3) is 1.33. The highest BCUT2D eigenvalue weighted by Crippen LogP contribution is 2.45. The van der Waals surface area contributed by atoms with Crippen LogP contribution >= 0.6 is 0 Å². The normalized spacial score (nSPS) is 18.6. The largest absolute Gasteiger partial charge is 0.358 e. The van der Waals surface area contributed by atoms with Crippen molar-refractivity contribution < 1.29 is 4.84 Å². The van der Waals surface area contributed by atoms with Gasteiger partial charge in [0, 0.05) is 29.6 Å². The SMILES string of the molecule is NOCc1ccc2[nH]c3c(c2c1)C1CCN3CC1. The molecule has 2 bridgehead atoms. The molecule has 3 aliphatic rings. The second-order valence-corrected chi connectivity index (χ2v) is 5.34. The number of H-pyrrole nitrogens is 1. The summed E-state index contributed by atoms with van der Waals surface area (Å²) in [4.78, 5) is 10.8. The topological polar surface area (TPSA) is 54.3 Å². The molecular weight excluding hydrogens is 226 g/mol. The fourth-order valence-corrected chi connectivity index (χ4v) is 3.49. The number of benzene rings is 1. The van der Waals surface area contributed by atoms with E-state index in [-0.39, 0.29) is 0 Å². The molecule has 1 saturated heterocycles. The van der Waals surface area contributed by atoms with Crippen molar-refractivity contribution in [2.24, 2.45) is 5.90 Å². The molecule has 3 aliphatic heterocycles. The molecule has 94 valence electrons. The highest BCUT2D eigenvalue weighted by molar-refractivity contribution is 5.91. The fraction of sp³-hybridized carbons (Fsp3) is 0.429. The molecule has 0 radical (unpaired) electrons. The van der Waals surface area contributed by atoms with E-state index in [0.29, 0.717) is 6.61 Å². The van der Waals surface area contributed by atoms with Crippen LogP contribution in [-0.4, -0.2) is 18.1 Å². The Balaban J connectivity index is 1.93. The van der Waals surface area contributed by atoms with Gasteiger partial charge in [0.2, 0.25) is 0 Å². The van der Waals surface area contributed by atoms with E-state index < -0.39 is 0 Å². The summed E-state index contributed by atoms with van der Waals surface area (Å²) in [6, 6.07) is 6.44. The van der Waals surface area contributed by atoms with E-state index in [9.17, 15) is 0 Å². The minimum absolute atomic E-state index is 0.476. The van der Waals surface area contributed by atoms with E-state index >= 15 is 0 Å². The van der Waals surface area contributed by atoms with Gasteiger partial charge in [-0.15, -0.1) is 0 Å². The Bertz CT molecular complexity index is 596. The Morgan fingerprint density at radius 2 is 2.17 bits per heavy atom. The Hall–Kier alpha value is -1.52. The van der Waals surface area contributed by atoms with Crippen molar-refractivity contribution in [1.82, 2.24) is 4.98 Å². The maximum absolute atomic E-state index is 5.16. The van der Waals surface area contributed by atoms with Gasteiger partial charge in [0.25, 0.3) is 0 Å². The molecule has 0 aliphatic carbocycles. The molecule has 4 heterocycles. The zero-order chi connectivity index (χ0) is 12.1. The van der Waals surface area contributed by atoms with Gasteiger partial charge >= 0.3 is 0 Å². The molecule has 0 amide bonds. The third-order valence-corrected chi connectivity index (χ3v) is 4.35. The van der Waals surface area contributed by atoms with Gasteiger partial charge in [-0.3, -0.25) is 4.84 Å². The number of nitrogens with zero attached hydrogens (tertiary/aromatic N) is 1. The maximum atomic E-state index is 5.16. The third-order valence-electron chi connectivity index (χ3n) is 4.35. The molecule has 0 saturated carbocycles. The lowest BCUT2D eigenvalue weighted by atomic mass is 9.84. The maximum Gasteiger partial charge on any atom is 0.110 e. The van der Waals surface area contributed by atoms with Gasteiger partial charge in [-0.25, -0.2) is 5.90 Å². The highest BCUT2D eigenvalue weighted by atomic mass is 16.6. The number of piperidine rings is 1. The molecule has 2 aromatic rings. The summed E-state index contributed by atoms with van der Waals surface area (Å²) in [5.41, 5.74) is 3.89. The van der Waals surface area contributed by atoms with Crippen LogP contribution in [0.15, 0.2) is 18.2 Å². The van der Waals surface area contributed by atoms with Crippen molar-refractivity contribution in [3.05, 3.63) is 29.3 Å². The highest BCUT2D eigenvalue weighted by Gasteiger charge is 2.33. The second-order valence-electron chi connectivity index (χ2n) is 5.34. The monoisotopic (exact) mass is 243 g/mol. The van der Waals surface area contributed by atoms with Gasteiger partial charge in [0.15, 0.2) is 0 Å². The smallest absolute Gasteiger partial charge is 0.110 e. The van der Waals surface area contributed by atoms with E-state index in [1.807, 2.05) is 0 Å².